The fourth-order valence-electron chi connectivity index (χ4n) is 1.74. The maximum absolute atomic E-state index is 12.1. The van der Waals surface area contributed by atoms with Gasteiger partial charge in [-0.05, 0) is 35.4 Å². The van der Waals surface area contributed by atoms with Crippen molar-refractivity contribution in [2.45, 2.75) is 17.9 Å². The SMILES string of the molecule is N#CCc1ccc(S(=O)(=O)NCc2ccc(Cl)cc2)cc1. The third-order valence-corrected chi connectivity index (χ3v) is 4.57. The fraction of sp³-hybridized carbons (Fsp3) is 0.133. The summed E-state index contributed by atoms with van der Waals surface area (Å²) < 4.78 is 26.8. The first-order valence-corrected chi connectivity index (χ1v) is 8.07. The lowest BCUT2D eigenvalue weighted by molar-refractivity contribution is 0.581. The molecule has 0 heterocycles. The van der Waals surface area contributed by atoms with Crippen LogP contribution in [-0.2, 0) is 23.0 Å². The summed E-state index contributed by atoms with van der Waals surface area (Å²) in [5.41, 5.74) is 1.61. The van der Waals surface area contributed by atoms with Gasteiger partial charge in [0.2, 0.25) is 10.0 Å². The van der Waals surface area contributed by atoms with Crippen molar-refractivity contribution in [1.82, 2.24) is 4.72 Å². The molecule has 21 heavy (non-hydrogen) atoms. The molecule has 2 aromatic carbocycles. The van der Waals surface area contributed by atoms with E-state index in [0.717, 1.165) is 11.1 Å². The van der Waals surface area contributed by atoms with E-state index in [9.17, 15) is 8.42 Å². The third kappa shape index (κ3) is 4.30. The van der Waals surface area contributed by atoms with Gasteiger partial charge in [-0.3, -0.25) is 0 Å². The number of halogens is 1. The minimum absolute atomic E-state index is 0.179. The van der Waals surface area contributed by atoms with Gasteiger partial charge in [0.05, 0.1) is 17.4 Å². The number of rotatable bonds is 5. The van der Waals surface area contributed by atoms with Crippen molar-refractivity contribution in [3.63, 3.8) is 0 Å². The van der Waals surface area contributed by atoms with Crippen LogP contribution in [0.4, 0.5) is 0 Å². The summed E-state index contributed by atoms with van der Waals surface area (Å²) in [6.45, 7) is 0.194. The highest BCUT2D eigenvalue weighted by Gasteiger charge is 2.13. The van der Waals surface area contributed by atoms with E-state index in [1.54, 1.807) is 36.4 Å². The second kappa shape index (κ2) is 6.72. The second-order valence-electron chi connectivity index (χ2n) is 4.43. The highest BCUT2D eigenvalue weighted by molar-refractivity contribution is 7.89. The van der Waals surface area contributed by atoms with Gasteiger partial charge in [-0.1, -0.05) is 35.9 Å². The predicted octanol–water partition coefficient (Wildman–Crippen LogP) is 2.88. The van der Waals surface area contributed by atoms with Crippen LogP contribution in [0.3, 0.4) is 0 Å². The minimum Gasteiger partial charge on any atom is -0.207 e. The van der Waals surface area contributed by atoms with Gasteiger partial charge in [0.15, 0.2) is 0 Å². The molecule has 2 rings (SSSR count). The molecule has 0 spiro atoms. The van der Waals surface area contributed by atoms with Gasteiger partial charge >= 0.3 is 0 Å². The van der Waals surface area contributed by atoms with E-state index in [4.69, 9.17) is 16.9 Å². The lowest BCUT2D eigenvalue weighted by atomic mass is 10.2. The van der Waals surface area contributed by atoms with E-state index in [0.29, 0.717) is 5.02 Å². The fourth-order valence-corrected chi connectivity index (χ4v) is 2.89. The Bertz CT molecular complexity index is 748. The smallest absolute Gasteiger partial charge is 0.207 e. The normalized spacial score (nSPS) is 11.0. The van der Waals surface area contributed by atoms with Gasteiger partial charge in [-0.2, -0.15) is 5.26 Å². The first kappa shape index (κ1) is 15.5. The average Bonchev–Trinajstić information content (AvgIpc) is 2.48. The van der Waals surface area contributed by atoms with E-state index in [-0.39, 0.29) is 17.9 Å². The topological polar surface area (TPSA) is 70.0 Å². The minimum atomic E-state index is -3.57. The number of benzene rings is 2. The Kier molecular flexibility index (Phi) is 4.97. The summed E-state index contributed by atoms with van der Waals surface area (Å²) in [7, 11) is -3.57. The third-order valence-electron chi connectivity index (χ3n) is 2.90. The summed E-state index contributed by atoms with van der Waals surface area (Å²) in [5, 5.41) is 9.19. The van der Waals surface area contributed by atoms with E-state index >= 15 is 0 Å². The van der Waals surface area contributed by atoms with Crippen LogP contribution >= 0.6 is 11.6 Å². The van der Waals surface area contributed by atoms with Crippen LogP contribution in [0.1, 0.15) is 11.1 Å². The summed E-state index contributed by atoms with van der Waals surface area (Å²) >= 11 is 5.78. The molecule has 0 saturated heterocycles. The molecule has 0 amide bonds. The molecule has 0 aliphatic heterocycles. The molecule has 0 fully saturated rings. The zero-order valence-electron chi connectivity index (χ0n) is 11.1. The Hall–Kier alpha value is -1.87. The largest absolute Gasteiger partial charge is 0.240 e. The molecule has 6 heteroatoms. The first-order valence-electron chi connectivity index (χ1n) is 6.21. The number of hydrogen-bond donors (Lipinski definition) is 1. The van der Waals surface area contributed by atoms with Gasteiger partial charge in [0.25, 0.3) is 0 Å². The number of nitrogens with one attached hydrogen (secondary N) is 1. The second-order valence-corrected chi connectivity index (χ2v) is 6.63. The molecule has 0 radical (unpaired) electrons. The van der Waals surface area contributed by atoms with Gasteiger partial charge in [0.1, 0.15) is 0 Å². The van der Waals surface area contributed by atoms with E-state index in [2.05, 4.69) is 4.72 Å². The van der Waals surface area contributed by atoms with Gasteiger partial charge < -0.3 is 0 Å². The Morgan fingerprint density at radius 3 is 2.14 bits per heavy atom. The van der Waals surface area contributed by atoms with Crippen molar-refractivity contribution in [2.75, 3.05) is 0 Å². The van der Waals surface area contributed by atoms with E-state index in [1.807, 2.05) is 6.07 Å². The monoisotopic (exact) mass is 320 g/mol. The molecule has 1 N–H and O–H groups in total. The van der Waals surface area contributed by atoms with Crippen LogP contribution in [0.25, 0.3) is 0 Å². The standard InChI is InChI=1S/C15H13ClN2O2S/c16-14-5-1-13(2-6-14)11-18-21(19,20)15-7-3-12(4-8-15)9-10-17/h1-8,18H,9,11H2. The van der Waals surface area contributed by atoms with Crippen LogP contribution in [0.15, 0.2) is 53.4 Å². The molecule has 0 aliphatic carbocycles. The lowest BCUT2D eigenvalue weighted by Gasteiger charge is -2.07. The molecular weight excluding hydrogens is 308 g/mol. The first-order chi connectivity index (χ1) is 10.0. The van der Waals surface area contributed by atoms with Crippen molar-refractivity contribution in [1.29, 1.82) is 5.26 Å². The molecule has 108 valence electrons. The van der Waals surface area contributed by atoms with E-state index in [1.165, 1.54) is 12.1 Å². The Morgan fingerprint density at radius 1 is 1.00 bits per heavy atom. The van der Waals surface area contributed by atoms with Crippen molar-refractivity contribution in [3.8, 4) is 6.07 Å². The maximum Gasteiger partial charge on any atom is 0.240 e. The molecule has 0 aliphatic rings. The summed E-state index contributed by atoms with van der Waals surface area (Å²) in [5.74, 6) is 0. The Morgan fingerprint density at radius 2 is 1.57 bits per heavy atom. The molecule has 0 saturated carbocycles. The number of sulfonamides is 1. The van der Waals surface area contributed by atoms with Crippen LogP contribution in [0.2, 0.25) is 5.02 Å². The number of nitriles is 1. The van der Waals surface area contributed by atoms with Crippen LogP contribution in [-0.4, -0.2) is 8.42 Å². The molecular formula is C15H13ClN2O2S. The van der Waals surface area contributed by atoms with Crippen molar-refractivity contribution in [3.05, 3.63) is 64.7 Å². The maximum atomic E-state index is 12.1. The van der Waals surface area contributed by atoms with Crippen LogP contribution < -0.4 is 4.72 Å². The zero-order chi connectivity index (χ0) is 15.3. The molecule has 0 aromatic heterocycles. The van der Waals surface area contributed by atoms with Crippen molar-refractivity contribution in [2.24, 2.45) is 0 Å². The summed E-state index contributed by atoms with van der Waals surface area (Å²) in [6, 6.07) is 15.2. The van der Waals surface area contributed by atoms with Gasteiger partial charge in [-0.15, -0.1) is 0 Å². The van der Waals surface area contributed by atoms with Crippen molar-refractivity contribution < 1.29 is 8.42 Å². The number of hydrogen-bond acceptors (Lipinski definition) is 3. The molecule has 4 nitrogen and oxygen atoms in total. The quantitative estimate of drug-likeness (QED) is 0.921. The summed E-state index contributed by atoms with van der Waals surface area (Å²) in [4.78, 5) is 0.179. The van der Waals surface area contributed by atoms with Crippen LogP contribution in [0.5, 0.6) is 0 Å². The number of nitrogens with zero attached hydrogens (tertiary/aromatic N) is 1. The molecule has 0 unspecified atom stereocenters. The summed E-state index contributed by atoms with van der Waals surface area (Å²) in [6.07, 6.45) is 0.262. The van der Waals surface area contributed by atoms with E-state index < -0.39 is 10.0 Å². The average molecular weight is 321 g/mol. The zero-order valence-corrected chi connectivity index (χ0v) is 12.7. The van der Waals surface area contributed by atoms with Crippen LogP contribution in [0, 0.1) is 11.3 Å². The Labute approximate surface area is 129 Å². The molecule has 0 atom stereocenters. The highest BCUT2D eigenvalue weighted by Crippen LogP contribution is 2.13. The predicted molar refractivity (Wildman–Crippen MR) is 81.2 cm³/mol. The molecule has 2 aromatic rings. The molecule has 0 bridgehead atoms. The van der Waals surface area contributed by atoms with Gasteiger partial charge in [-0.25, -0.2) is 13.1 Å². The lowest BCUT2D eigenvalue weighted by Crippen LogP contribution is -2.23. The van der Waals surface area contributed by atoms with Gasteiger partial charge in [0, 0.05) is 11.6 Å². The highest BCUT2D eigenvalue weighted by atomic mass is 35.5. The Balaban J connectivity index is 2.07. The van der Waals surface area contributed by atoms with Crippen molar-refractivity contribution >= 4 is 21.6 Å².